The molecule has 2 fully saturated rings. The molecule has 0 radical (unpaired) electrons. The van der Waals surface area contributed by atoms with Gasteiger partial charge in [-0.3, -0.25) is 19.7 Å². The third-order valence-electron chi connectivity index (χ3n) is 6.56. The number of nitrogens with one attached hydrogen (secondary N) is 2. The predicted molar refractivity (Wildman–Crippen MR) is 114 cm³/mol. The average Bonchev–Trinajstić information content (AvgIpc) is 3.08. The van der Waals surface area contributed by atoms with E-state index in [1.807, 2.05) is 12.1 Å². The Hall–Kier alpha value is -2.25. The number of unbranched alkanes of at least 4 members (excludes halogenated alkanes) is 3. The van der Waals surface area contributed by atoms with Crippen molar-refractivity contribution in [3.05, 3.63) is 34.9 Å². The monoisotopic (exact) mass is 412 g/mol. The maximum Gasteiger partial charge on any atom is 0.255 e. The Morgan fingerprint density at radius 2 is 1.80 bits per heavy atom. The van der Waals surface area contributed by atoms with Gasteiger partial charge in [0.15, 0.2) is 0 Å². The summed E-state index contributed by atoms with van der Waals surface area (Å²) in [5.41, 5.74) is 3.00. The van der Waals surface area contributed by atoms with E-state index in [1.165, 1.54) is 31.4 Å². The second kappa shape index (κ2) is 9.71. The van der Waals surface area contributed by atoms with E-state index in [9.17, 15) is 14.4 Å². The molecule has 3 amide bonds. The molecule has 3 aliphatic heterocycles. The van der Waals surface area contributed by atoms with Gasteiger partial charge in [-0.2, -0.15) is 0 Å². The largest absolute Gasteiger partial charge is 0.322 e. The number of benzene rings is 1. The van der Waals surface area contributed by atoms with Gasteiger partial charge in [-0.25, -0.2) is 0 Å². The number of carbonyl (C=O) groups is 3. The average molecular weight is 413 g/mol. The molecule has 1 unspecified atom stereocenters. The summed E-state index contributed by atoms with van der Waals surface area (Å²) in [6.07, 6.45) is 6.46. The van der Waals surface area contributed by atoms with E-state index in [1.54, 1.807) is 4.90 Å². The first-order chi connectivity index (χ1) is 14.6. The Bertz CT molecular complexity index is 804. The topological polar surface area (TPSA) is 81.8 Å². The highest BCUT2D eigenvalue weighted by Crippen LogP contribution is 2.30. The van der Waals surface area contributed by atoms with Crippen molar-refractivity contribution in [1.82, 2.24) is 20.4 Å². The number of fused-ring (bicyclic) bond motifs is 1. The number of hydrogen-bond acceptors (Lipinski definition) is 5. The molecular weight excluding hydrogens is 380 g/mol. The second-order valence-corrected chi connectivity index (χ2v) is 8.60. The zero-order valence-corrected chi connectivity index (χ0v) is 17.6. The lowest BCUT2D eigenvalue weighted by Gasteiger charge is -2.29. The van der Waals surface area contributed by atoms with Gasteiger partial charge >= 0.3 is 0 Å². The fourth-order valence-electron chi connectivity index (χ4n) is 4.82. The van der Waals surface area contributed by atoms with Crippen molar-refractivity contribution in [1.29, 1.82) is 0 Å². The number of imide groups is 1. The molecule has 1 aromatic rings. The lowest BCUT2D eigenvalue weighted by Crippen LogP contribution is -2.52. The molecule has 30 heavy (non-hydrogen) atoms. The highest BCUT2D eigenvalue weighted by Gasteiger charge is 2.39. The molecule has 2 N–H and O–H groups in total. The molecule has 3 heterocycles. The van der Waals surface area contributed by atoms with E-state index >= 15 is 0 Å². The van der Waals surface area contributed by atoms with Gasteiger partial charge in [0.05, 0.1) is 0 Å². The second-order valence-electron chi connectivity index (χ2n) is 8.60. The number of aryl methyl sites for hydroxylation is 1. The number of piperidine rings is 1. The Morgan fingerprint density at radius 3 is 2.60 bits per heavy atom. The van der Waals surface area contributed by atoms with Crippen molar-refractivity contribution < 1.29 is 14.4 Å². The van der Waals surface area contributed by atoms with Crippen LogP contribution in [0, 0.1) is 0 Å². The number of piperazine rings is 1. The molecule has 0 aromatic heterocycles. The van der Waals surface area contributed by atoms with E-state index in [2.05, 4.69) is 21.6 Å². The van der Waals surface area contributed by atoms with Gasteiger partial charge in [0, 0.05) is 44.7 Å². The normalized spacial score (nSPS) is 22.3. The summed E-state index contributed by atoms with van der Waals surface area (Å²) in [6, 6.07) is 5.38. The lowest BCUT2D eigenvalue weighted by atomic mass is 9.98. The Morgan fingerprint density at radius 1 is 1.00 bits per heavy atom. The van der Waals surface area contributed by atoms with Crippen molar-refractivity contribution in [3.8, 4) is 0 Å². The first kappa shape index (κ1) is 21.0. The summed E-state index contributed by atoms with van der Waals surface area (Å²) in [5, 5.41) is 5.76. The first-order valence-electron chi connectivity index (χ1n) is 11.3. The van der Waals surface area contributed by atoms with E-state index in [4.69, 9.17) is 0 Å². The maximum atomic E-state index is 12.9. The Kier molecular flexibility index (Phi) is 6.79. The third-order valence-corrected chi connectivity index (χ3v) is 6.56. The van der Waals surface area contributed by atoms with E-state index in [0.717, 1.165) is 50.1 Å². The summed E-state index contributed by atoms with van der Waals surface area (Å²) in [4.78, 5) is 40.7. The van der Waals surface area contributed by atoms with Crippen molar-refractivity contribution >= 4 is 17.7 Å². The van der Waals surface area contributed by atoms with Gasteiger partial charge in [-0.15, -0.1) is 0 Å². The van der Waals surface area contributed by atoms with Gasteiger partial charge in [-0.1, -0.05) is 25.0 Å². The summed E-state index contributed by atoms with van der Waals surface area (Å²) >= 11 is 0. The number of nitrogens with zero attached hydrogens (tertiary/aromatic N) is 2. The molecule has 162 valence electrons. The first-order valence-corrected chi connectivity index (χ1v) is 11.3. The minimum absolute atomic E-state index is 0.0858. The van der Waals surface area contributed by atoms with Crippen molar-refractivity contribution in [2.75, 3.05) is 32.7 Å². The smallest absolute Gasteiger partial charge is 0.255 e. The maximum absolute atomic E-state index is 12.9. The lowest BCUT2D eigenvalue weighted by molar-refractivity contribution is -0.136. The van der Waals surface area contributed by atoms with Crippen LogP contribution >= 0.6 is 0 Å². The quantitative estimate of drug-likeness (QED) is 0.499. The van der Waals surface area contributed by atoms with Crippen molar-refractivity contribution in [2.45, 2.75) is 57.5 Å². The molecule has 1 aromatic carbocycles. The van der Waals surface area contributed by atoms with Crippen LogP contribution in [0.2, 0.25) is 0 Å². The predicted octanol–water partition coefficient (Wildman–Crippen LogP) is 1.46. The van der Waals surface area contributed by atoms with Crippen LogP contribution in [0.15, 0.2) is 18.2 Å². The minimum Gasteiger partial charge on any atom is -0.322 e. The highest BCUT2D eigenvalue weighted by atomic mass is 16.2. The molecule has 0 saturated carbocycles. The van der Waals surface area contributed by atoms with Gasteiger partial charge < -0.3 is 15.1 Å². The molecule has 3 aliphatic rings. The van der Waals surface area contributed by atoms with E-state index < -0.39 is 6.04 Å². The summed E-state index contributed by atoms with van der Waals surface area (Å²) in [7, 11) is 0. The van der Waals surface area contributed by atoms with Crippen LogP contribution in [0.3, 0.4) is 0 Å². The van der Waals surface area contributed by atoms with Crippen LogP contribution < -0.4 is 10.6 Å². The zero-order valence-electron chi connectivity index (χ0n) is 17.6. The molecule has 0 bridgehead atoms. The summed E-state index contributed by atoms with van der Waals surface area (Å²) in [6.45, 7) is 6.19. The molecular formula is C23H32N4O3. The van der Waals surface area contributed by atoms with Crippen molar-refractivity contribution in [3.63, 3.8) is 0 Å². The zero-order chi connectivity index (χ0) is 20.9. The van der Waals surface area contributed by atoms with Crippen LogP contribution in [-0.4, -0.2) is 66.3 Å². The van der Waals surface area contributed by atoms with Crippen LogP contribution in [0.1, 0.15) is 60.0 Å². The SMILES string of the molecule is O=C1CCC(N2Cc3c(CCCCCCN4CCNCC4)cccc3C2=O)C(=O)N1. The standard InChI is InChI=1S/C23H32N4O3/c28-21-10-9-20(22(29)25-21)27-16-19-17(7-5-8-18(19)23(27)30)6-3-1-2-4-13-26-14-11-24-12-15-26/h5,7-8,20,24H,1-4,6,9-16H2,(H,25,28,29). The number of carbonyl (C=O) groups excluding carboxylic acids is 3. The number of hydrogen-bond donors (Lipinski definition) is 2. The fraction of sp³-hybridized carbons (Fsp3) is 0.609. The van der Waals surface area contributed by atoms with Gasteiger partial charge in [0.25, 0.3) is 5.91 Å². The van der Waals surface area contributed by atoms with Crippen LogP contribution in [0.4, 0.5) is 0 Å². The molecule has 0 aliphatic carbocycles. The molecule has 0 spiro atoms. The van der Waals surface area contributed by atoms with Gasteiger partial charge in [-0.05, 0) is 49.4 Å². The highest BCUT2D eigenvalue weighted by molar-refractivity contribution is 6.05. The molecule has 7 nitrogen and oxygen atoms in total. The van der Waals surface area contributed by atoms with Crippen LogP contribution in [-0.2, 0) is 22.6 Å². The van der Waals surface area contributed by atoms with Gasteiger partial charge in [0.1, 0.15) is 6.04 Å². The van der Waals surface area contributed by atoms with E-state index in [-0.39, 0.29) is 24.1 Å². The van der Waals surface area contributed by atoms with E-state index in [0.29, 0.717) is 13.0 Å². The molecule has 1 atom stereocenters. The fourth-order valence-corrected chi connectivity index (χ4v) is 4.82. The Balaban J connectivity index is 1.27. The molecule has 2 saturated heterocycles. The Labute approximate surface area is 178 Å². The minimum atomic E-state index is -0.541. The van der Waals surface area contributed by atoms with Crippen molar-refractivity contribution in [2.24, 2.45) is 0 Å². The number of rotatable bonds is 8. The molecule has 4 rings (SSSR count). The van der Waals surface area contributed by atoms with Gasteiger partial charge in [0.2, 0.25) is 11.8 Å². The van der Waals surface area contributed by atoms with Crippen LogP contribution in [0.25, 0.3) is 0 Å². The number of amides is 3. The van der Waals surface area contributed by atoms with Crippen LogP contribution in [0.5, 0.6) is 0 Å². The summed E-state index contributed by atoms with van der Waals surface area (Å²) < 4.78 is 0. The molecule has 7 heteroatoms. The summed E-state index contributed by atoms with van der Waals surface area (Å²) in [5.74, 6) is -0.686. The third kappa shape index (κ3) is 4.73.